The second-order valence-corrected chi connectivity index (χ2v) is 3.86. The van der Waals surface area contributed by atoms with Crippen LogP contribution in [0.15, 0.2) is 22.8 Å². The molecule has 6 heteroatoms. The summed E-state index contributed by atoms with van der Waals surface area (Å²) in [6.07, 6.45) is 0.865. The zero-order valence-corrected chi connectivity index (χ0v) is 9.33. The van der Waals surface area contributed by atoms with E-state index < -0.39 is 24.0 Å². The van der Waals surface area contributed by atoms with E-state index in [2.05, 4.69) is 4.74 Å². The minimum atomic E-state index is -0.743. The van der Waals surface area contributed by atoms with Gasteiger partial charge in [0, 0.05) is 13.0 Å². The molecule has 1 aliphatic rings. The van der Waals surface area contributed by atoms with Crippen molar-refractivity contribution in [3.63, 3.8) is 0 Å². The Labute approximate surface area is 97.8 Å². The minimum Gasteiger partial charge on any atom is -0.467 e. The third kappa shape index (κ3) is 2.16. The highest BCUT2D eigenvalue weighted by molar-refractivity contribution is 5.95. The molecule has 1 fully saturated rings. The van der Waals surface area contributed by atoms with Gasteiger partial charge in [0.05, 0.1) is 19.5 Å². The molecule has 6 nitrogen and oxygen atoms in total. The van der Waals surface area contributed by atoms with E-state index in [1.165, 1.54) is 24.3 Å². The number of likely N-dealkylation sites (tertiary alicyclic amines) is 1. The normalized spacial score (nSPS) is 23.8. The summed E-state index contributed by atoms with van der Waals surface area (Å²) < 4.78 is 9.59. The minimum absolute atomic E-state index is 0.110. The summed E-state index contributed by atoms with van der Waals surface area (Å²) in [5.41, 5.74) is 0. The quantitative estimate of drug-likeness (QED) is 0.736. The van der Waals surface area contributed by atoms with Crippen LogP contribution in [0.4, 0.5) is 0 Å². The van der Waals surface area contributed by atoms with Crippen molar-refractivity contribution in [1.29, 1.82) is 0 Å². The molecule has 0 aromatic carbocycles. The number of carbonyl (C=O) groups excluding carboxylic acids is 2. The maximum absolute atomic E-state index is 12.0. The van der Waals surface area contributed by atoms with Crippen LogP contribution in [0, 0.1) is 0 Å². The van der Waals surface area contributed by atoms with Gasteiger partial charge in [-0.05, 0) is 12.1 Å². The lowest BCUT2D eigenvalue weighted by Crippen LogP contribution is -2.41. The largest absolute Gasteiger partial charge is 0.467 e. The summed E-state index contributed by atoms with van der Waals surface area (Å²) in [5.74, 6) is -0.795. The summed E-state index contributed by atoms with van der Waals surface area (Å²) in [6, 6.07) is 2.36. The first-order valence-corrected chi connectivity index (χ1v) is 5.24. The Bertz CT molecular complexity index is 414. The fourth-order valence-corrected chi connectivity index (χ4v) is 1.94. The zero-order valence-electron chi connectivity index (χ0n) is 9.33. The lowest BCUT2D eigenvalue weighted by atomic mass is 10.2. The van der Waals surface area contributed by atoms with Gasteiger partial charge in [0.25, 0.3) is 5.91 Å². The summed E-state index contributed by atoms with van der Waals surface area (Å²) in [5, 5.41) is 9.53. The van der Waals surface area contributed by atoms with Crippen molar-refractivity contribution in [1.82, 2.24) is 4.90 Å². The van der Waals surface area contributed by atoms with Crippen LogP contribution >= 0.6 is 0 Å². The van der Waals surface area contributed by atoms with E-state index in [9.17, 15) is 14.7 Å². The van der Waals surface area contributed by atoms with Crippen molar-refractivity contribution in [2.24, 2.45) is 0 Å². The maximum Gasteiger partial charge on any atom is 0.328 e. The third-order valence-electron chi connectivity index (χ3n) is 2.75. The van der Waals surface area contributed by atoms with E-state index in [0.29, 0.717) is 0 Å². The summed E-state index contributed by atoms with van der Waals surface area (Å²) >= 11 is 0. The number of β-amino-alcohol motifs (C(OH)–C–C–N with tert-alkyl or cyclic N) is 1. The van der Waals surface area contributed by atoms with Gasteiger partial charge in [-0.2, -0.15) is 0 Å². The number of hydrogen-bond donors (Lipinski definition) is 1. The standard InChI is InChI=1S/C11H13NO5/c1-16-11(15)8-5-7(13)6-12(8)10(14)9-3-2-4-17-9/h2-4,7-8,13H,5-6H2,1H3/t7-,8-/m0/s1. The second-order valence-electron chi connectivity index (χ2n) is 3.86. The highest BCUT2D eigenvalue weighted by Crippen LogP contribution is 2.21. The van der Waals surface area contributed by atoms with Crippen LogP contribution in [0.5, 0.6) is 0 Å². The number of aliphatic hydroxyl groups is 1. The van der Waals surface area contributed by atoms with Crippen LogP contribution in [0.2, 0.25) is 0 Å². The van der Waals surface area contributed by atoms with E-state index >= 15 is 0 Å². The van der Waals surface area contributed by atoms with Gasteiger partial charge in [0.1, 0.15) is 6.04 Å². The second kappa shape index (κ2) is 4.58. The fourth-order valence-electron chi connectivity index (χ4n) is 1.94. The number of rotatable bonds is 2. The Morgan fingerprint density at radius 3 is 2.94 bits per heavy atom. The molecular formula is C11H13NO5. The predicted molar refractivity (Wildman–Crippen MR) is 56.2 cm³/mol. The Hall–Kier alpha value is -1.82. The Balaban J connectivity index is 2.18. The average Bonchev–Trinajstić information content (AvgIpc) is 2.95. The lowest BCUT2D eigenvalue weighted by Gasteiger charge is -2.20. The first kappa shape index (κ1) is 11.7. The molecule has 92 valence electrons. The molecule has 2 heterocycles. The molecule has 0 saturated carbocycles. The fraction of sp³-hybridized carbons (Fsp3) is 0.455. The number of methoxy groups -OCH3 is 1. The molecule has 2 rings (SSSR count). The van der Waals surface area contributed by atoms with Crippen molar-refractivity contribution in [2.75, 3.05) is 13.7 Å². The van der Waals surface area contributed by atoms with Crippen LogP contribution in [0.25, 0.3) is 0 Å². The monoisotopic (exact) mass is 239 g/mol. The SMILES string of the molecule is COC(=O)[C@@H]1C[C@H](O)CN1C(=O)c1ccco1. The summed E-state index contributed by atoms with van der Waals surface area (Å²) in [4.78, 5) is 24.8. The molecule has 1 aliphatic heterocycles. The van der Waals surface area contributed by atoms with Crippen LogP contribution < -0.4 is 0 Å². The van der Waals surface area contributed by atoms with Gasteiger partial charge in [-0.25, -0.2) is 4.79 Å². The number of hydrogen-bond acceptors (Lipinski definition) is 5. The van der Waals surface area contributed by atoms with E-state index in [1.54, 1.807) is 6.07 Å². The number of aliphatic hydroxyl groups excluding tert-OH is 1. The Kier molecular flexibility index (Phi) is 3.14. The molecule has 1 saturated heterocycles. The molecule has 0 radical (unpaired) electrons. The molecular weight excluding hydrogens is 226 g/mol. The number of amides is 1. The van der Waals surface area contributed by atoms with Crippen LogP contribution in [-0.2, 0) is 9.53 Å². The lowest BCUT2D eigenvalue weighted by molar-refractivity contribution is -0.145. The number of ether oxygens (including phenoxy) is 1. The van der Waals surface area contributed by atoms with Gasteiger partial charge >= 0.3 is 5.97 Å². The van der Waals surface area contributed by atoms with Gasteiger partial charge in [0.2, 0.25) is 0 Å². The Morgan fingerprint density at radius 1 is 1.59 bits per heavy atom. The number of nitrogens with zero attached hydrogens (tertiary/aromatic N) is 1. The summed E-state index contributed by atoms with van der Waals surface area (Å²) in [6.45, 7) is 0.110. The van der Waals surface area contributed by atoms with Crippen LogP contribution in [-0.4, -0.2) is 47.7 Å². The van der Waals surface area contributed by atoms with Crippen molar-refractivity contribution in [3.8, 4) is 0 Å². The summed E-state index contributed by atoms with van der Waals surface area (Å²) in [7, 11) is 1.25. The van der Waals surface area contributed by atoms with E-state index in [4.69, 9.17) is 4.42 Å². The smallest absolute Gasteiger partial charge is 0.328 e. The third-order valence-corrected chi connectivity index (χ3v) is 2.75. The van der Waals surface area contributed by atoms with Gasteiger partial charge in [0.15, 0.2) is 5.76 Å². The average molecular weight is 239 g/mol. The molecule has 1 N–H and O–H groups in total. The van der Waals surface area contributed by atoms with Gasteiger partial charge in [-0.1, -0.05) is 0 Å². The maximum atomic E-state index is 12.0. The van der Waals surface area contributed by atoms with Crippen molar-refractivity contribution >= 4 is 11.9 Å². The zero-order chi connectivity index (χ0) is 12.4. The Morgan fingerprint density at radius 2 is 2.35 bits per heavy atom. The van der Waals surface area contributed by atoms with Gasteiger partial charge in [-0.3, -0.25) is 4.79 Å². The van der Waals surface area contributed by atoms with E-state index in [1.807, 2.05) is 0 Å². The number of furan rings is 1. The molecule has 2 atom stereocenters. The molecule has 0 unspecified atom stereocenters. The van der Waals surface area contributed by atoms with Crippen molar-refractivity contribution in [3.05, 3.63) is 24.2 Å². The predicted octanol–water partition coefficient (Wildman–Crippen LogP) is 0.0280. The molecule has 1 amide bonds. The van der Waals surface area contributed by atoms with Crippen LogP contribution in [0.3, 0.4) is 0 Å². The molecule has 0 spiro atoms. The van der Waals surface area contributed by atoms with E-state index in [-0.39, 0.29) is 18.7 Å². The van der Waals surface area contributed by atoms with E-state index in [0.717, 1.165) is 0 Å². The van der Waals surface area contributed by atoms with Crippen molar-refractivity contribution in [2.45, 2.75) is 18.6 Å². The van der Waals surface area contributed by atoms with Crippen LogP contribution in [0.1, 0.15) is 17.0 Å². The van der Waals surface area contributed by atoms with Gasteiger partial charge in [-0.15, -0.1) is 0 Å². The number of esters is 1. The molecule has 0 aliphatic carbocycles. The van der Waals surface area contributed by atoms with Crippen molar-refractivity contribution < 1.29 is 23.8 Å². The highest BCUT2D eigenvalue weighted by atomic mass is 16.5. The molecule has 17 heavy (non-hydrogen) atoms. The first-order chi connectivity index (χ1) is 8.13. The topological polar surface area (TPSA) is 80.0 Å². The first-order valence-electron chi connectivity index (χ1n) is 5.24. The van der Waals surface area contributed by atoms with Gasteiger partial charge < -0.3 is 19.2 Å². The molecule has 1 aromatic heterocycles. The molecule has 1 aromatic rings. The highest BCUT2D eigenvalue weighted by Gasteiger charge is 2.40. The molecule has 0 bridgehead atoms. The number of carbonyl (C=O) groups is 2.